The van der Waals surface area contributed by atoms with Crippen molar-refractivity contribution < 1.29 is 17.9 Å². The van der Waals surface area contributed by atoms with Crippen LogP contribution in [0.1, 0.15) is 11.1 Å². The van der Waals surface area contributed by atoms with Crippen LogP contribution < -0.4 is 4.72 Å². The highest BCUT2D eigenvalue weighted by Crippen LogP contribution is 2.26. The molecule has 0 bridgehead atoms. The second-order valence-electron chi connectivity index (χ2n) is 4.51. The van der Waals surface area contributed by atoms with Gasteiger partial charge in [0.15, 0.2) is 0 Å². The number of anilines is 1. The van der Waals surface area contributed by atoms with Gasteiger partial charge in [0.2, 0.25) is 0 Å². The van der Waals surface area contributed by atoms with Gasteiger partial charge in [0.05, 0.1) is 17.3 Å². The largest absolute Gasteiger partial charge is 0.392 e. The molecule has 0 atom stereocenters. The van der Waals surface area contributed by atoms with E-state index in [0.717, 1.165) is 17.7 Å². The molecule has 21 heavy (non-hydrogen) atoms. The topological polar surface area (TPSA) is 66.4 Å². The van der Waals surface area contributed by atoms with E-state index in [4.69, 9.17) is 16.7 Å². The summed E-state index contributed by atoms with van der Waals surface area (Å²) >= 11 is 5.93. The van der Waals surface area contributed by atoms with Gasteiger partial charge in [0, 0.05) is 0 Å². The second kappa shape index (κ2) is 6.01. The number of sulfonamides is 1. The zero-order valence-electron chi connectivity index (χ0n) is 11.1. The molecule has 0 aliphatic heterocycles. The molecular weight excluding hydrogens is 317 g/mol. The van der Waals surface area contributed by atoms with Gasteiger partial charge in [0.1, 0.15) is 10.7 Å². The van der Waals surface area contributed by atoms with Gasteiger partial charge in [-0.3, -0.25) is 4.72 Å². The summed E-state index contributed by atoms with van der Waals surface area (Å²) in [4.78, 5) is -0.536. The fourth-order valence-electron chi connectivity index (χ4n) is 1.77. The minimum Gasteiger partial charge on any atom is -0.392 e. The van der Waals surface area contributed by atoms with Crippen molar-refractivity contribution in [2.75, 3.05) is 4.72 Å². The molecule has 0 saturated carbocycles. The lowest BCUT2D eigenvalue weighted by atomic mass is 10.2. The first-order chi connectivity index (χ1) is 9.83. The summed E-state index contributed by atoms with van der Waals surface area (Å²) in [5, 5.41) is 9.24. The van der Waals surface area contributed by atoms with Crippen molar-refractivity contribution in [3.63, 3.8) is 0 Å². The van der Waals surface area contributed by atoms with E-state index < -0.39 is 20.7 Å². The SMILES string of the molecule is Cc1ccc(Cl)c(NS(=O)(=O)c2cc(CO)ccc2F)c1. The molecule has 7 heteroatoms. The first-order valence-corrected chi connectivity index (χ1v) is 7.88. The zero-order chi connectivity index (χ0) is 15.6. The van der Waals surface area contributed by atoms with Crippen LogP contribution in [0, 0.1) is 12.7 Å². The van der Waals surface area contributed by atoms with E-state index in [2.05, 4.69) is 4.72 Å². The van der Waals surface area contributed by atoms with Gasteiger partial charge in [-0.1, -0.05) is 23.7 Å². The predicted octanol–water partition coefficient (Wildman–Crippen LogP) is 3.08. The summed E-state index contributed by atoms with van der Waals surface area (Å²) in [7, 11) is -4.14. The number of hydrogen-bond donors (Lipinski definition) is 2. The van der Waals surface area contributed by atoms with Crippen molar-refractivity contribution >= 4 is 27.3 Å². The Morgan fingerprint density at radius 2 is 1.95 bits per heavy atom. The molecule has 0 heterocycles. The number of halogens is 2. The molecule has 0 aliphatic rings. The first-order valence-electron chi connectivity index (χ1n) is 6.02. The summed E-state index contributed by atoms with van der Waals surface area (Å²) in [6, 6.07) is 8.23. The van der Waals surface area contributed by atoms with E-state index in [9.17, 15) is 12.8 Å². The highest BCUT2D eigenvalue weighted by molar-refractivity contribution is 7.92. The maximum Gasteiger partial charge on any atom is 0.264 e. The lowest BCUT2D eigenvalue weighted by Crippen LogP contribution is -2.15. The number of hydrogen-bond acceptors (Lipinski definition) is 3. The molecule has 2 aromatic rings. The smallest absolute Gasteiger partial charge is 0.264 e. The number of aryl methyl sites for hydroxylation is 1. The fraction of sp³-hybridized carbons (Fsp3) is 0.143. The molecule has 0 aromatic heterocycles. The van der Waals surface area contributed by atoms with E-state index in [1.807, 2.05) is 0 Å². The molecule has 2 N–H and O–H groups in total. The van der Waals surface area contributed by atoms with Gasteiger partial charge < -0.3 is 5.11 Å². The molecule has 0 spiro atoms. The lowest BCUT2D eigenvalue weighted by molar-refractivity contribution is 0.281. The second-order valence-corrected chi connectivity index (χ2v) is 6.57. The van der Waals surface area contributed by atoms with E-state index in [1.165, 1.54) is 6.07 Å². The molecule has 0 saturated heterocycles. The summed E-state index contributed by atoms with van der Waals surface area (Å²) in [6.45, 7) is 1.40. The third-order valence-corrected chi connectivity index (χ3v) is 4.54. The Labute approximate surface area is 127 Å². The van der Waals surface area contributed by atoms with Crippen LogP contribution in [0.2, 0.25) is 5.02 Å². The third-order valence-electron chi connectivity index (χ3n) is 2.83. The van der Waals surface area contributed by atoms with Crippen LogP contribution in [0.25, 0.3) is 0 Å². The molecule has 0 amide bonds. The van der Waals surface area contributed by atoms with Crippen molar-refractivity contribution in [3.8, 4) is 0 Å². The number of aliphatic hydroxyl groups is 1. The summed E-state index contributed by atoms with van der Waals surface area (Å²) in [5.74, 6) is -0.900. The summed E-state index contributed by atoms with van der Waals surface area (Å²) < 4.78 is 40.5. The lowest BCUT2D eigenvalue weighted by Gasteiger charge is -2.11. The molecule has 112 valence electrons. The fourth-order valence-corrected chi connectivity index (χ4v) is 3.19. The first kappa shape index (κ1) is 15.8. The van der Waals surface area contributed by atoms with Crippen molar-refractivity contribution in [2.45, 2.75) is 18.4 Å². The Hall–Kier alpha value is -1.63. The zero-order valence-corrected chi connectivity index (χ0v) is 12.7. The molecule has 0 unspecified atom stereocenters. The Morgan fingerprint density at radius 3 is 2.62 bits per heavy atom. The number of nitrogens with one attached hydrogen (secondary N) is 1. The Bertz CT molecular complexity index is 778. The average molecular weight is 330 g/mol. The Kier molecular flexibility index (Phi) is 4.51. The highest BCUT2D eigenvalue weighted by Gasteiger charge is 2.20. The molecule has 0 aliphatic carbocycles. The van der Waals surface area contributed by atoms with Crippen LogP contribution >= 0.6 is 11.6 Å². The van der Waals surface area contributed by atoms with Gasteiger partial charge in [-0.15, -0.1) is 0 Å². The predicted molar refractivity (Wildman–Crippen MR) is 79.3 cm³/mol. The molecule has 0 radical (unpaired) electrons. The van der Waals surface area contributed by atoms with Gasteiger partial charge in [-0.25, -0.2) is 12.8 Å². The van der Waals surface area contributed by atoms with Crippen molar-refractivity contribution in [3.05, 3.63) is 58.4 Å². The third kappa shape index (κ3) is 3.53. The molecule has 0 fully saturated rings. The van der Waals surface area contributed by atoms with Crippen LogP contribution in [0.4, 0.5) is 10.1 Å². The molecule has 2 aromatic carbocycles. The minimum absolute atomic E-state index is 0.172. The van der Waals surface area contributed by atoms with Crippen LogP contribution in [0.5, 0.6) is 0 Å². The van der Waals surface area contributed by atoms with Crippen LogP contribution in [-0.2, 0) is 16.6 Å². The normalized spacial score (nSPS) is 11.4. The van der Waals surface area contributed by atoms with E-state index in [-0.39, 0.29) is 17.3 Å². The van der Waals surface area contributed by atoms with Crippen LogP contribution in [-0.4, -0.2) is 13.5 Å². The van der Waals surface area contributed by atoms with Crippen LogP contribution in [0.3, 0.4) is 0 Å². The van der Waals surface area contributed by atoms with Crippen molar-refractivity contribution in [2.24, 2.45) is 0 Å². The molecule has 2 rings (SSSR count). The standard InChI is InChI=1S/C14H13ClFNO3S/c1-9-2-4-11(15)13(6-9)17-21(19,20)14-7-10(8-18)3-5-12(14)16/h2-7,17-18H,8H2,1H3. The maximum atomic E-state index is 13.8. The van der Waals surface area contributed by atoms with Gasteiger partial charge >= 0.3 is 0 Å². The average Bonchev–Trinajstić information content (AvgIpc) is 2.43. The number of rotatable bonds is 4. The van der Waals surface area contributed by atoms with Gasteiger partial charge in [0.25, 0.3) is 10.0 Å². The Balaban J connectivity index is 2.45. The van der Waals surface area contributed by atoms with Crippen molar-refractivity contribution in [1.29, 1.82) is 0 Å². The monoisotopic (exact) mass is 329 g/mol. The van der Waals surface area contributed by atoms with Gasteiger partial charge in [-0.2, -0.15) is 0 Å². The molecular formula is C14H13ClFNO3S. The van der Waals surface area contributed by atoms with E-state index in [0.29, 0.717) is 5.56 Å². The number of aliphatic hydroxyl groups excluding tert-OH is 1. The van der Waals surface area contributed by atoms with Crippen LogP contribution in [0.15, 0.2) is 41.3 Å². The minimum atomic E-state index is -4.14. The maximum absolute atomic E-state index is 13.8. The van der Waals surface area contributed by atoms with Crippen molar-refractivity contribution in [1.82, 2.24) is 0 Å². The quantitative estimate of drug-likeness (QED) is 0.906. The Morgan fingerprint density at radius 1 is 1.24 bits per heavy atom. The van der Waals surface area contributed by atoms with E-state index >= 15 is 0 Å². The highest BCUT2D eigenvalue weighted by atomic mass is 35.5. The molecule has 4 nitrogen and oxygen atoms in total. The number of benzene rings is 2. The van der Waals surface area contributed by atoms with Gasteiger partial charge in [-0.05, 0) is 42.3 Å². The van der Waals surface area contributed by atoms with E-state index in [1.54, 1.807) is 25.1 Å². The summed E-state index contributed by atoms with van der Waals surface area (Å²) in [6.07, 6.45) is 0. The summed E-state index contributed by atoms with van der Waals surface area (Å²) in [5.41, 5.74) is 1.28.